The van der Waals surface area contributed by atoms with E-state index in [-0.39, 0.29) is 11.1 Å². The summed E-state index contributed by atoms with van der Waals surface area (Å²) in [5, 5.41) is -3.17. The zero-order valence-electron chi connectivity index (χ0n) is 8.72. The van der Waals surface area contributed by atoms with E-state index < -0.39 is 25.4 Å². The van der Waals surface area contributed by atoms with Crippen LogP contribution in [0, 0.1) is 0 Å². The van der Waals surface area contributed by atoms with Crippen molar-refractivity contribution in [1.29, 1.82) is 0 Å². The molecule has 0 amide bonds. The predicted octanol–water partition coefficient (Wildman–Crippen LogP) is 2.52. The highest BCUT2D eigenvalue weighted by atomic mass is 35.5. The van der Waals surface area contributed by atoms with Gasteiger partial charge in [0, 0.05) is 0 Å². The van der Waals surface area contributed by atoms with E-state index in [1.807, 2.05) is 0 Å². The van der Waals surface area contributed by atoms with Crippen LogP contribution >= 0.6 is 38.4 Å². The van der Waals surface area contributed by atoms with Gasteiger partial charge in [-0.2, -0.15) is 0 Å². The first kappa shape index (κ1) is 16.2. The Bertz CT molecular complexity index is 481. The van der Waals surface area contributed by atoms with Crippen LogP contribution in [0.25, 0.3) is 0 Å². The molecular weight excluding hydrogens is 325 g/mol. The first-order chi connectivity index (χ1) is 8.03. The Morgan fingerprint density at radius 2 is 1.22 bits per heavy atom. The smallest absolute Gasteiger partial charge is 0.323 e. The molecule has 1 aromatic carbocycles. The molecule has 0 aliphatic carbocycles. The molecule has 0 saturated carbocycles. The molecule has 10 heteroatoms. The molecule has 1 aromatic rings. The van der Waals surface area contributed by atoms with Crippen molar-refractivity contribution in [2.45, 2.75) is 10.2 Å². The van der Waals surface area contributed by atoms with Crippen molar-refractivity contribution in [1.82, 2.24) is 0 Å². The molecule has 2 unspecified atom stereocenters. The summed E-state index contributed by atoms with van der Waals surface area (Å²) in [6.07, 6.45) is 0. The summed E-state index contributed by atoms with van der Waals surface area (Å²) in [4.78, 5) is 35.7. The Balaban J connectivity index is 3.15. The quantitative estimate of drug-likeness (QED) is 0.496. The van der Waals surface area contributed by atoms with Crippen LogP contribution in [-0.4, -0.2) is 19.6 Å². The monoisotopic (exact) mass is 334 g/mol. The van der Waals surface area contributed by atoms with Crippen LogP contribution in [0.15, 0.2) is 24.3 Å². The first-order valence-electron chi connectivity index (χ1n) is 4.52. The molecule has 4 N–H and O–H groups in total. The van der Waals surface area contributed by atoms with Crippen LogP contribution in [0.3, 0.4) is 0 Å². The third-order valence-corrected chi connectivity index (χ3v) is 5.86. The maximum Gasteiger partial charge on any atom is 0.347 e. The van der Waals surface area contributed by atoms with E-state index in [9.17, 15) is 9.13 Å². The van der Waals surface area contributed by atoms with Crippen LogP contribution in [-0.2, 0) is 9.13 Å². The second-order valence-electron chi connectivity index (χ2n) is 3.52. The summed E-state index contributed by atoms with van der Waals surface area (Å²) < 4.78 is 22.0. The summed E-state index contributed by atoms with van der Waals surface area (Å²) in [5.74, 6) is 0. The van der Waals surface area contributed by atoms with Crippen LogP contribution in [0.4, 0.5) is 0 Å². The highest BCUT2D eigenvalue weighted by Gasteiger charge is 2.31. The number of rotatable bonds is 4. The van der Waals surface area contributed by atoms with Crippen molar-refractivity contribution < 1.29 is 28.7 Å². The van der Waals surface area contributed by atoms with E-state index in [2.05, 4.69) is 0 Å². The second kappa shape index (κ2) is 5.61. The highest BCUT2D eigenvalue weighted by molar-refractivity contribution is 7.54. The lowest BCUT2D eigenvalue weighted by molar-refractivity contribution is 0.368. The van der Waals surface area contributed by atoms with E-state index in [1.54, 1.807) is 0 Å². The van der Waals surface area contributed by atoms with Gasteiger partial charge in [0.05, 0.1) is 0 Å². The van der Waals surface area contributed by atoms with Gasteiger partial charge in [-0.25, -0.2) is 0 Å². The van der Waals surface area contributed by atoms with Gasteiger partial charge in [0.15, 0.2) is 10.2 Å². The third kappa shape index (κ3) is 4.05. The van der Waals surface area contributed by atoms with Gasteiger partial charge in [0.25, 0.3) is 0 Å². The molecule has 2 atom stereocenters. The van der Waals surface area contributed by atoms with Crippen LogP contribution in [0.5, 0.6) is 0 Å². The summed E-state index contributed by atoms with van der Waals surface area (Å²) in [5.41, 5.74) is 0.0863. The van der Waals surface area contributed by atoms with Gasteiger partial charge in [-0.3, -0.25) is 9.13 Å². The fourth-order valence-electron chi connectivity index (χ4n) is 1.24. The molecule has 18 heavy (non-hydrogen) atoms. The Labute approximate surface area is 113 Å². The van der Waals surface area contributed by atoms with E-state index in [0.717, 1.165) is 6.07 Å². The van der Waals surface area contributed by atoms with Gasteiger partial charge in [0.1, 0.15) is 0 Å². The molecule has 0 saturated heterocycles. The van der Waals surface area contributed by atoms with Crippen molar-refractivity contribution in [3.05, 3.63) is 35.4 Å². The molecule has 0 spiro atoms. The normalized spacial score (nSPS) is 16.3. The molecule has 0 aliphatic heterocycles. The molecular formula is C8H10Cl2O6P2. The van der Waals surface area contributed by atoms with E-state index >= 15 is 0 Å². The number of halogens is 2. The summed E-state index contributed by atoms with van der Waals surface area (Å²) in [6, 6.07) is 5.20. The Morgan fingerprint density at radius 3 is 1.50 bits per heavy atom. The zero-order valence-corrected chi connectivity index (χ0v) is 12.0. The van der Waals surface area contributed by atoms with Gasteiger partial charge in [-0.15, -0.1) is 23.2 Å². The average Bonchev–Trinajstić information content (AvgIpc) is 2.24. The van der Waals surface area contributed by atoms with E-state index in [1.165, 1.54) is 18.2 Å². The minimum Gasteiger partial charge on any atom is -0.323 e. The second-order valence-corrected chi connectivity index (χ2v) is 8.39. The molecule has 6 nitrogen and oxygen atoms in total. The Kier molecular flexibility index (Phi) is 5.04. The van der Waals surface area contributed by atoms with E-state index in [0.29, 0.717) is 0 Å². The van der Waals surface area contributed by atoms with Crippen molar-refractivity contribution >= 4 is 38.4 Å². The standard InChI is InChI=1S/C8H10Cl2O6P2/c9-7(17(11,12)13)5-2-1-3-6(4-5)8(10)18(14,15)16/h1-4,7-8H,(H2,11,12,13)(H2,14,15,16). The van der Waals surface area contributed by atoms with Gasteiger partial charge in [-0.1, -0.05) is 24.3 Å². The number of hydrogen-bond acceptors (Lipinski definition) is 2. The number of hydrogen-bond donors (Lipinski definition) is 4. The molecule has 0 fully saturated rings. The van der Waals surface area contributed by atoms with E-state index in [4.69, 9.17) is 42.8 Å². The summed E-state index contributed by atoms with van der Waals surface area (Å²) in [6.45, 7) is 0. The highest BCUT2D eigenvalue weighted by Crippen LogP contribution is 2.57. The van der Waals surface area contributed by atoms with Crippen molar-refractivity contribution in [2.75, 3.05) is 0 Å². The van der Waals surface area contributed by atoms with Crippen molar-refractivity contribution in [2.24, 2.45) is 0 Å². The molecule has 0 heterocycles. The van der Waals surface area contributed by atoms with Crippen LogP contribution in [0.1, 0.15) is 21.4 Å². The largest absolute Gasteiger partial charge is 0.347 e. The number of benzene rings is 1. The third-order valence-electron chi connectivity index (χ3n) is 2.05. The van der Waals surface area contributed by atoms with Gasteiger partial charge in [-0.05, 0) is 11.1 Å². The molecule has 0 aromatic heterocycles. The fourth-order valence-corrected chi connectivity index (χ4v) is 2.61. The molecule has 1 rings (SSSR count). The Hall–Kier alpha value is 0.1000. The lowest BCUT2D eigenvalue weighted by atomic mass is 10.2. The van der Waals surface area contributed by atoms with Crippen LogP contribution < -0.4 is 0 Å². The maximum atomic E-state index is 11.0. The lowest BCUT2D eigenvalue weighted by Crippen LogP contribution is -1.96. The van der Waals surface area contributed by atoms with Crippen molar-refractivity contribution in [3.8, 4) is 0 Å². The maximum absolute atomic E-state index is 11.0. The lowest BCUT2D eigenvalue weighted by Gasteiger charge is -2.15. The average molecular weight is 335 g/mol. The fraction of sp³-hybridized carbons (Fsp3) is 0.250. The van der Waals surface area contributed by atoms with Gasteiger partial charge in [0.2, 0.25) is 0 Å². The molecule has 0 bridgehead atoms. The molecule has 102 valence electrons. The summed E-state index contributed by atoms with van der Waals surface area (Å²) >= 11 is 11.1. The Morgan fingerprint density at radius 1 is 0.889 bits per heavy atom. The predicted molar refractivity (Wildman–Crippen MR) is 67.7 cm³/mol. The molecule has 0 aliphatic rings. The minimum atomic E-state index is -4.54. The first-order valence-corrected chi connectivity index (χ1v) is 8.75. The van der Waals surface area contributed by atoms with Crippen LogP contribution in [0.2, 0.25) is 0 Å². The summed E-state index contributed by atoms with van der Waals surface area (Å²) in [7, 11) is -9.08. The minimum absolute atomic E-state index is 0.0431. The molecule has 0 radical (unpaired) electrons. The zero-order chi connectivity index (χ0) is 14.1. The van der Waals surface area contributed by atoms with Crippen molar-refractivity contribution in [3.63, 3.8) is 0 Å². The van der Waals surface area contributed by atoms with Gasteiger partial charge >= 0.3 is 15.2 Å². The number of alkyl halides is 2. The SMILES string of the molecule is O=P(O)(O)C(Cl)c1cccc(C(Cl)P(=O)(O)O)c1. The topological polar surface area (TPSA) is 115 Å². The van der Waals surface area contributed by atoms with Gasteiger partial charge < -0.3 is 19.6 Å².